The van der Waals surface area contributed by atoms with Gasteiger partial charge in [-0.2, -0.15) is 0 Å². The molecule has 0 saturated carbocycles. The molecule has 122 valence electrons. The van der Waals surface area contributed by atoms with E-state index < -0.39 is 0 Å². The van der Waals surface area contributed by atoms with E-state index in [2.05, 4.69) is 60.8 Å². The highest BCUT2D eigenvalue weighted by Crippen LogP contribution is 2.11. The van der Waals surface area contributed by atoms with Crippen molar-refractivity contribution >= 4 is 5.97 Å². The molecule has 0 amide bonds. The molecule has 2 aromatic rings. The highest BCUT2D eigenvalue weighted by Gasteiger charge is 2.06. The molecule has 1 atom stereocenters. The molecule has 0 aliphatic heterocycles. The maximum atomic E-state index is 11.2. The van der Waals surface area contributed by atoms with Gasteiger partial charge in [0, 0.05) is 19.0 Å². The van der Waals surface area contributed by atoms with Crippen molar-refractivity contribution in [3.05, 3.63) is 71.3 Å². The average Bonchev–Trinajstić information content (AvgIpc) is 2.59. The molecule has 0 bridgehead atoms. The molecule has 0 spiro atoms. The number of rotatable bonds is 8. The summed E-state index contributed by atoms with van der Waals surface area (Å²) in [7, 11) is 1.43. The number of hydrogen-bond donors (Lipinski definition) is 1. The van der Waals surface area contributed by atoms with Gasteiger partial charge in [-0.25, -0.2) is 0 Å². The summed E-state index contributed by atoms with van der Waals surface area (Å²) in [6, 6.07) is 19.3. The van der Waals surface area contributed by atoms with Crippen molar-refractivity contribution in [3.8, 4) is 0 Å². The van der Waals surface area contributed by atoms with Crippen LogP contribution in [0.15, 0.2) is 54.6 Å². The van der Waals surface area contributed by atoms with Crippen molar-refractivity contribution in [2.45, 2.75) is 38.8 Å². The smallest absolute Gasteiger partial charge is 0.305 e. The van der Waals surface area contributed by atoms with Gasteiger partial charge >= 0.3 is 5.97 Å². The number of methoxy groups -OCH3 is 1. The molecule has 0 aliphatic rings. The Labute approximate surface area is 138 Å². The topological polar surface area (TPSA) is 38.3 Å². The van der Waals surface area contributed by atoms with Crippen LogP contribution in [0.2, 0.25) is 0 Å². The summed E-state index contributed by atoms with van der Waals surface area (Å²) in [4.78, 5) is 11.2. The first kappa shape index (κ1) is 17.2. The van der Waals surface area contributed by atoms with E-state index in [1.165, 1.54) is 23.8 Å². The van der Waals surface area contributed by atoms with Gasteiger partial charge in [-0.3, -0.25) is 4.79 Å². The van der Waals surface area contributed by atoms with E-state index in [0.29, 0.717) is 12.5 Å². The third-order valence-electron chi connectivity index (χ3n) is 3.88. The minimum atomic E-state index is -0.159. The van der Waals surface area contributed by atoms with Crippen LogP contribution >= 0.6 is 0 Å². The largest absolute Gasteiger partial charge is 0.469 e. The summed E-state index contributed by atoms with van der Waals surface area (Å²) in [5.74, 6) is -0.159. The van der Waals surface area contributed by atoms with E-state index in [4.69, 9.17) is 4.74 Å². The average molecular weight is 311 g/mol. The van der Waals surface area contributed by atoms with Gasteiger partial charge in [0.1, 0.15) is 0 Å². The van der Waals surface area contributed by atoms with Gasteiger partial charge in [0.05, 0.1) is 7.11 Å². The minimum absolute atomic E-state index is 0.159. The lowest BCUT2D eigenvalue weighted by Gasteiger charge is -2.14. The van der Waals surface area contributed by atoms with Gasteiger partial charge in [0.15, 0.2) is 0 Å². The second-order valence-corrected chi connectivity index (χ2v) is 5.87. The second-order valence-electron chi connectivity index (χ2n) is 5.87. The van der Waals surface area contributed by atoms with E-state index >= 15 is 0 Å². The standard InChI is InChI=1S/C20H25NO2/c1-16(21-15-18-7-4-3-5-8-18)13-19-10-6-9-17(14-19)11-12-20(22)23-2/h3-10,14,16,21H,11-13,15H2,1-2H3. The third-order valence-corrected chi connectivity index (χ3v) is 3.88. The number of hydrogen-bond acceptors (Lipinski definition) is 3. The fraction of sp³-hybridized carbons (Fsp3) is 0.350. The molecule has 0 saturated heterocycles. The number of aryl methyl sites for hydroxylation is 1. The van der Waals surface area contributed by atoms with Crippen LogP contribution in [-0.4, -0.2) is 19.1 Å². The van der Waals surface area contributed by atoms with Crippen LogP contribution in [0.5, 0.6) is 0 Å². The highest BCUT2D eigenvalue weighted by molar-refractivity contribution is 5.69. The zero-order valence-corrected chi connectivity index (χ0v) is 13.9. The Hall–Kier alpha value is -2.13. The quantitative estimate of drug-likeness (QED) is 0.758. The number of carbonyl (C=O) groups is 1. The number of nitrogens with one attached hydrogen (secondary N) is 1. The molecule has 2 aromatic carbocycles. The Morgan fingerprint density at radius 1 is 1.04 bits per heavy atom. The summed E-state index contributed by atoms with van der Waals surface area (Å²) >= 11 is 0. The SMILES string of the molecule is COC(=O)CCc1cccc(CC(C)NCc2ccccc2)c1. The first-order valence-corrected chi connectivity index (χ1v) is 8.09. The Morgan fingerprint density at radius 2 is 1.74 bits per heavy atom. The van der Waals surface area contributed by atoms with Crippen LogP contribution in [-0.2, 0) is 28.9 Å². The summed E-state index contributed by atoms with van der Waals surface area (Å²) in [5, 5.41) is 3.55. The van der Waals surface area contributed by atoms with Crippen LogP contribution in [0.4, 0.5) is 0 Å². The molecule has 0 radical (unpaired) electrons. The van der Waals surface area contributed by atoms with Crippen LogP contribution < -0.4 is 5.32 Å². The lowest BCUT2D eigenvalue weighted by molar-refractivity contribution is -0.140. The van der Waals surface area contributed by atoms with Gasteiger partial charge in [0.25, 0.3) is 0 Å². The van der Waals surface area contributed by atoms with E-state index in [1.54, 1.807) is 0 Å². The molecular formula is C20H25NO2. The van der Waals surface area contributed by atoms with Crippen molar-refractivity contribution in [2.75, 3.05) is 7.11 Å². The number of esters is 1. The van der Waals surface area contributed by atoms with Gasteiger partial charge in [0.2, 0.25) is 0 Å². The molecule has 1 unspecified atom stereocenters. The predicted molar refractivity (Wildman–Crippen MR) is 93.2 cm³/mol. The highest BCUT2D eigenvalue weighted by atomic mass is 16.5. The molecular weight excluding hydrogens is 286 g/mol. The monoisotopic (exact) mass is 311 g/mol. The van der Waals surface area contributed by atoms with Crippen molar-refractivity contribution in [1.82, 2.24) is 5.32 Å². The molecule has 23 heavy (non-hydrogen) atoms. The Bertz CT molecular complexity index is 610. The Morgan fingerprint density at radius 3 is 2.48 bits per heavy atom. The molecule has 0 fully saturated rings. The lowest BCUT2D eigenvalue weighted by atomic mass is 10.0. The van der Waals surface area contributed by atoms with Gasteiger partial charge in [-0.05, 0) is 36.5 Å². The maximum Gasteiger partial charge on any atom is 0.305 e. The number of benzene rings is 2. The molecule has 0 aliphatic carbocycles. The van der Waals surface area contributed by atoms with Crippen LogP contribution in [0.1, 0.15) is 30.0 Å². The molecule has 2 rings (SSSR count). The van der Waals surface area contributed by atoms with Crippen LogP contribution in [0, 0.1) is 0 Å². The summed E-state index contributed by atoms with van der Waals surface area (Å²) in [5.41, 5.74) is 3.77. The third kappa shape index (κ3) is 6.25. The molecule has 0 heterocycles. The number of ether oxygens (including phenoxy) is 1. The summed E-state index contributed by atoms with van der Waals surface area (Å²) in [6.07, 6.45) is 2.13. The normalized spacial score (nSPS) is 11.9. The van der Waals surface area contributed by atoms with E-state index in [9.17, 15) is 4.79 Å². The van der Waals surface area contributed by atoms with Crippen molar-refractivity contribution in [3.63, 3.8) is 0 Å². The summed E-state index contributed by atoms with van der Waals surface area (Å²) in [6.45, 7) is 3.08. The zero-order chi connectivity index (χ0) is 16.5. The van der Waals surface area contributed by atoms with E-state index in [1.807, 2.05) is 6.07 Å². The lowest BCUT2D eigenvalue weighted by Crippen LogP contribution is -2.27. The van der Waals surface area contributed by atoms with Gasteiger partial charge < -0.3 is 10.1 Å². The van der Waals surface area contributed by atoms with E-state index in [0.717, 1.165) is 19.4 Å². The van der Waals surface area contributed by atoms with Crippen LogP contribution in [0.25, 0.3) is 0 Å². The predicted octanol–water partition coefficient (Wildman–Crippen LogP) is 3.51. The van der Waals surface area contributed by atoms with Crippen molar-refractivity contribution < 1.29 is 9.53 Å². The minimum Gasteiger partial charge on any atom is -0.469 e. The zero-order valence-electron chi connectivity index (χ0n) is 13.9. The van der Waals surface area contributed by atoms with Gasteiger partial charge in [-0.1, -0.05) is 54.6 Å². The summed E-state index contributed by atoms with van der Waals surface area (Å²) < 4.78 is 4.69. The number of carbonyl (C=O) groups excluding carboxylic acids is 1. The molecule has 3 heteroatoms. The molecule has 3 nitrogen and oxygen atoms in total. The first-order chi connectivity index (χ1) is 11.2. The van der Waals surface area contributed by atoms with Gasteiger partial charge in [-0.15, -0.1) is 0 Å². The fourth-order valence-corrected chi connectivity index (χ4v) is 2.57. The van der Waals surface area contributed by atoms with E-state index in [-0.39, 0.29) is 5.97 Å². The van der Waals surface area contributed by atoms with Crippen LogP contribution in [0.3, 0.4) is 0 Å². The Kier molecular flexibility index (Phi) is 6.82. The Balaban J connectivity index is 1.83. The van der Waals surface area contributed by atoms with Crippen molar-refractivity contribution in [1.29, 1.82) is 0 Å². The maximum absolute atomic E-state index is 11.2. The second kappa shape index (κ2) is 9.11. The first-order valence-electron chi connectivity index (χ1n) is 8.09. The van der Waals surface area contributed by atoms with Crippen molar-refractivity contribution in [2.24, 2.45) is 0 Å². The fourth-order valence-electron chi connectivity index (χ4n) is 2.57. The molecule has 1 N–H and O–H groups in total. The molecule has 0 aromatic heterocycles.